The van der Waals surface area contributed by atoms with Gasteiger partial charge in [-0.3, -0.25) is 0 Å². The van der Waals surface area contributed by atoms with Crippen LogP contribution in [0.25, 0.3) is 0 Å². The van der Waals surface area contributed by atoms with Crippen molar-refractivity contribution < 1.29 is 0 Å². The van der Waals surface area contributed by atoms with E-state index in [4.69, 9.17) is 0 Å². The van der Waals surface area contributed by atoms with Crippen LogP contribution in [0.2, 0.25) is 0 Å². The van der Waals surface area contributed by atoms with Crippen molar-refractivity contribution in [2.24, 2.45) is 0 Å². The van der Waals surface area contributed by atoms with Crippen LogP contribution < -0.4 is 0 Å². The van der Waals surface area contributed by atoms with E-state index >= 15 is 0 Å². The summed E-state index contributed by atoms with van der Waals surface area (Å²) >= 11 is 0. The molecule has 0 saturated carbocycles. The van der Waals surface area contributed by atoms with Gasteiger partial charge in [-0.2, -0.15) is 0 Å². The van der Waals surface area contributed by atoms with Gasteiger partial charge in [-0.1, -0.05) is 30.3 Å². The first-order chi connectivity index (χ1) is 6.86. The molecule has 0 radical (unpaired) electrons. The van der Waals surface area contributed by atoms with Crippen molar-refractivity contribution in [3.63, 3.8) is 0 Å². The third-order valence-corrected chi connectivity index (χ3v) is 2.41. The molecule has 3 heteroatoms. The van der Waals surface area contributed by atoms with Gasteiger partial charge in [0.25, 0.3) is 0 Å². The van der Waals surface area contributed by atoms with Crippen molar-refractivity contribution in [2.75, 3.05) is 0 Å². The minimum atomic E-state index is 0. The second-order valence-electron chi connectivity index (χ2n) is 3.55. The summed E-state index contributed by atoms with van der Waals surface area (Å²) < 4.78 is 2.13. The van der Waals surface area contributed by atoms with Gasteiger partial charge in [-0.05, 0) is 18.9 Å². The number of hydrogen-bond acceptors (Lipinski definition) is 1. The smallest absolute Gasteiger partial charge is 0.0948 e. The number of halogens is 1. The lowest BCUT2D eigenvalue weighted by Gasteiger charge is -2.12. The predicted octanol–water partition coefficient (Wildman–Crippen LogP) is 3.11. The fourth-order valence-corrected chi connectivity index (χ4v) is 1.59. The van der Waals surface area contributed by atoms with Crippen LogP contribution in [0.5, 0.6) is 0 Å². The second-order valence-corrected chi connectivity index (χ2v) is 3.55. The second kappa shape index (κ2) is 5.56. The van der Waals surface area contributed by atoms with Gasteiger partial charge in [0.1, 0.15) is 0 Å². The van der Waals surface area contributed by atoms with Crippen molar-refractivity contribution in [1.29, 1.82) is 0 Å². The zero-order valence-corrected chi connectivity index (χ0v) is 9.52. The van der Waals surface area contributed by atoms with Gasteiger partial charge >= 0.3 is 0 Å². The lowest BCUT2D eigenvalue weighted by Crippen LogP contribution is -2.05. The highest BCUT2D eigenvalue weighted by Gasteiger charge is 2.03. The first-order valence-electron chi connectivity index (χ1n) is 4.87. The van der Waals surface area contributed by atoms with Crippen molar-refractivity contribution in [2.45, 2.75) is 19.4 Å². The summed E-state index contributed by atoms with van der Waals surface area (Å²) in [6, 6.07) is 11.0. The lowest BCUT2D eigenvalue weighted by atomic mass is 10.1. The SMILES string of the molecule is CC(Cc1ccccc1)n1ccnc1.Cl. The summed E-state index contributed by atoms with van der Waals surface area (Å²) in [4.78, 5) is 4.05. The Morgan fingerprint density at radius 3 is 2.60 bits per heavy atom. The molecule has 80 valence electrons. The van der Waals surface area contributed by atoms with Crippen LogP contribution in [0.4, 0.5) is 0 Å². The molecule has 1 unspecified atom stereocenters. The van der Waals surface area contributed by atoms with Gasteiger partial charge < -0.3 is 4.57 Å². The van der Waals surface area contributed by atoms with Gasteiger partial charge in [0, 0.05) is 18.4 Å². The zero-order chi connectivity index (χ0) is 9.80. The first-order valence-corrected chi connectivity index (χ1v) is 4.87. The predicted molar refractivity (Wildman–Crippen MR) is 64.3 cm³/mol. The van der Waals surface area contributed by atoms with Crippen molar-refractivity contribution >= 4 is 12.4 Å². The Morgan fingerprint density at radius 2 is 2.00 bits per heavy atom. The quantitative estimate of drug-likeness (QED) is 0.781. The maximum absolute atomic E-state index is 4.05. The van der Waals surface area contributed by atoms with Gasteiger partial charge in [-0.15, -0.1) is 12.4 Å². The molecule has 1 aromatic carbocycles. The largest absolute Gasteiger partial charge is 0.334 e. The summed E-state index contributed by atoms with van der Waals surface area (Å²) in [7, 11) is 0. The minimum absolute atomic E-state index is 0. The Bertz CT molecular complexity index is 370. The molecular formula is C12H15ClN2. The fraction of sp³-hybridized carbons (Fsp3) is 0.250. The Balaban J connectivity index is 0.00000112. The standard InChI is InChI=1S/C12H14N2.ClH/c1-11(14-8-7-13-10-14)9-12-5-3-2-4-6-12;/h2-8,10-11H,9H2,1H3;1H. The molecule has 0 amide bonds. The highest BCUT2D eigenvalue weighted by Crippen LogP contribution is 2.12. The number of hydrogen-bond donors (Lipinski definition) is 0. The molecular weight excluding hydrogens is 208 g/mol. The van der Waals surface area contributed by atoms with E-state index in [-0.39, 0.29) is 12.4 Å². The Morgan fingerprint density at radius 1 is 1.27 bits per heavy atom. The molecule has 2 aromatic rings. The summed E-state index contributed by atoms with van der Waals surface area (Å²) in [6.07, 6.45) is 6.75. The van der Waals surface area contributed by atoms with Crippen molar-refractivity contribution in [3.8, 4) is 0 Å². The summed E-state index contributed by atoms with van der Waals surface area (Å²) in [5, 5.41) is 0. The van der Waals surface area contributed by atoms with E-state index in [1.165, 1.54) is 5.56 Å². The van der Waals surface area contributed by atoms with Crippen LogP contribution in [-0.4, -0.2) is 9.55 Å². The molecule has 2 nitrogen and oxygen atoms in total. The number of aromatic nitrogens is 2. The van der Waals surface area contributed by atoms with Crippen LogP contribution in [-0.2, 0) is 6.42 Å². The third kappa shape index (κ3) is 3.10. The van der Waals surface area contributed by atoms with Gasteiger partial charge in [0.15, 0.2) is 0 Å². The van der Waals surface area contributed by atoms with E-state index in [0.29, 0.717) is 6.04 Å². The van der Waals surface area contributed by atoms with Crippen molar-refractivity contribution in [1.82, 2.24) is 9.55 Å². The average Bonchev–Trinajstić information content (AvgIpc) is 2.72. The molecule has 15 heavy (non-hydrogen) atoms. The summed E-state index contributed by atoms with van der Waals surface area (Å²) in [5.74, 6) is 0. The molecule has 2 rings (SSSR count). The Labute approximate surface area is 96.4 Å². The average molecular weight is 223 g/mol. The molecule has 0 saturated heterocycles. The third-order valence-electron chi connectivity index (χ3n) is 2.41. The minimum Gasteiger partial charge on any atom is -0.334 e. The number of rotatable bonds is 3. The van der Waals surface area contributed by atoms with Gasteiger partial charge in [0.05, 0.1) is 6.33 Å². The first kappa shape index (κ1) is 11.8. The number of imidazole rings is 1. The van der Waals surface area contributed by atoms with Gasteiger partial charge in [-0.25, -0.2) is 4.98 Å². The van der Waals surface area contributed by atoms with E-state index in [9.17, 15) is 0 Å². The van der Waals surface area contributed by atoms with E-state index < -0.39 is 0 Å². The molecule has 1 atom stereocenters. The molecule has 0 fully saturated rings. The summed E-state index contributed by atoms with van der Waals surface area (Å²) in [5.41, 5.74) is 1.37. The van der Waals surface area contributed by atoms with Crippen LogP contribution in [0.15, 0.2) is 49.1 Å². The number of benzene rings is 1. The number of nitrogens with zero attached hydrogens (tertiary/aromatic N) is 2. The van der Waals surface area contributed by atoms with Crippen LogP contribution in [0.1, 0.15) is 18.5 Å². The zero-order valence-electron chi connectivity index (χ0n) is 8.71. The Kier molecular flexibility index (Phi) is 4.37. The molecule has 0 spiro atoms. The van der Waals surface area contributed by atoms with Gasteiger partial charge in [0.2, 0.25) is 0 Å². The van der Waals surface area contributed by atoms with E-state index in [1.54, 1.807) is 0 Å². The highest BCUT2D eigenvalue weighted by atomic mass is 35.5. The normalized spacial score (nSPS) is 11.8. The molecule has 1 aromatic heterocycles. The molecule has 0 aliphatic heterocycles. The molecule has 0 aliphatic rings. The monoisotopic (exact) mass is 222 g/mol. The van der Waals surface area contributed by atoms with Crippen LogP contribution in [0, 0.1) is 0 Å². The van der Waals surface area contributed by atoms with E-state index in [1.807, 2.05) is 24.8 Å². The molecule has 0 bridgehead atoms. The Hall–Kier alpha value is -1.28. The topological polar surface area (TPSA) is 17.8 Å². The molecule has 1 heterocycles. The molecule has 0 aliphatic carbocycles. The van der Waals surface area contributed by atoms with Crippen LogP contribution >= 0.6 is 12.4 Å². The maximum atomic E-state index is 4.05. The van der Waals surface area contributed by atoms with E-state index in [0.717, 1.165) is 6.42 Å². The van der Waals surface area contributed by atoms with Crippen molar-refractivity contribution in [3.05, 3.63) is 54.6 Å². The summed E-state index contributed by atoms with van der Waals surface area (Å²) in [6.45, 7) is 2.20. The maximum Gasteiger partial charge on any atom is 0.0948 e. The fourth-order valence-electron chi connectivity index (χ4n) is 1.59. The molecule has 0 N–H and O–H groups in total. The van der Waals surface area contributed by atoms with Crippen LogP contribution in [0.3, 0.4) is 0 Å². The van der Waals surface area contributed by atoms with E-state index in [2.05, 4.69) is 40.7 Å². The lowest BCUT2D eigenvalue weighted by molar-refractivity contribution is 0.544. The highest BCUT2D eigenvalue weighted by molar-refractivity contribution is 5.85.